The SMILES string of the molecule is CCCN1CCOCC1c1cc(O)c2c(c1C(F)(F)F)C[C@H]1C[C@H]3[C@H](N(C)C)C(=O)C(C(N)=O)=C(O)[C@@]3(O)C(=O)C1=C2O. The number of ether oxygens (including phenoxy) is 1. The van der Waals surface area contributed by atoms with Crippen molar-refractivity contribution in [2.45, 2.75) is 50.0 Å². The van der Waals surface area contributed by atoms with Crippen molar-refractivity contribution in [3.05, 3.63) is 45.2 Å². The molecule has 14 heteroatoms. The molecular formula is C29H34F3N3O8. The number of likely N-dealkylation sites (N-methyl/N-ethyl adjacent to an activating group) is 1. The maximum atomic E-state index is 14.9. The molecular weight excluding hydrogens is 575 g/mol. The number of nitrogens with two attached hydrogens (primary N) is 1. The van der Waals surface area contributed by atoms with Crippen LogP contribution >= 0.6 is 0 Å². The van der Waals surface area contributed by atoms with Gasteiger partial charge in [-0.15, -0.1) is 0 Å². The zero-order chi connectivity index (χ0) is 31.8. The average molecular weight is 610 g/mol. The Morgan fingerprint density at radius 3 is 2.49 bits per heavy atom. The van der Waals surface area contributed by atoms with Crippen molar-refractivity contribution >= 4 is 23.2 Å². The number of morpholine rings is 1. The molecule has 234 valence electrons. The number of aromatic hydroxyl groups is 1. The number of phenolic OH excluding ortho intramolecular Hbond substituents is 1. The molecule has 1 heterocycles. The smallest absolute Gasteiger partial charge is 0.417 e. The number of phenols is 1. The van der Waals surface area contributed by atoms with E-state index >= 15 is 0 Å². The van der Waals surface area contributed by atoms with Crippen LogP contribution in [0.4, 0.5) is 13.2 Å². The fourth-order valence-corrected chi connectivity index (χ4v) is 7.42. The van der Waals surface area contributed by atoms with Gasteiger partial charge in [0.05, 0.1) is 36.4 Å². The van der Waals surface area contributed by atoms with Crippen LogP contribution in [0.15, 0.2) is 23.0 Å². The third kappa shape index (κ3) is 4.53. The predicted molar refractivity (Wildman–Crippen MR) is 145 cm³/mol. The predicted octanol–water partition coefficient (Wildman–Crippen LogP) is 1.77. The van der Waals surface area contributed by atoms with Crippen LogP contribution in [0.3, 0.4) is 0 Å². The number of alkyl halides is 3. The lowest BCUT2D eigenvalue weighted by Gasteiger charge is -2.50. The summed E-state index contributed by atoms with van der Waals surface area (Å²) >= 11 is 0. The molecule has 11 nitrogen and oxygen atoms in total. The fourth-order valence-electron chi connectivity index (χ4n) is 7.42. The molecule has 1 saturated carbocycles. The van der Waals surface area contributed by atoms with E-state index in [1.807, 2.05) is 11.8 Å². The van der Waals surface area contributed by atoms with Crippen LogP contribution in [-0.4, -0.2) is 99.7 Å². The molecule has 1 aromatic carbocycles. The van der Waals surface area contributed by atoms with Gasteiger partial charge in [0.2, 0.25) is 5.78 Å². The first-order valence-corrected chi connectivity index (χ1v) is 14.0. The number of hydrogen-bond acceptors (Lipinski definition) is 10. The molecule has 0 radical (unpaired) electrons. The van der Waals surface area contributed by atoms with Crippen LogP contribution in [0.2, 0.25) is 0 Å². The number of carbonyl (C=O) groups is 3. The van der Waals surface area contributed by atoms with Gasteiger partial charge in [0.25, 0.3) is 5.91 Å². The van der Waals surface area contributed by atoms with Crippen molar-refractivity contribution in [2.24, 2.45) is 17.6 Å². The first-order valence-electron chi connectivity index (χ1n) is 14.0. The quantitative estimate of drug-likeness (QED) is 0.310. The highest BCUT2D eigenvalue weighted by molar-refractivity contribution is 6.24. The third-order valence-electron chi connectivity index (χ3n) is 9.15. The molecule has 5 atom stereocenters. The zero-order valence-electron chi connectivity index (χ0n) is 23.9. The number of nitrogens with zero attached hydrogens (tertiary/aromatic N) is 2. The normalized spacial score (nSPS) is 30.0. The van der Waals surface area contributed by atoms with E-state index in [0.29, 0.717) is 26.1 Å². The van der Waals surface area contributed by atoms with Crippen molar-refractivity contribution in [2.75, 3.05) is 40.4 Å². The second-order valence-corrected chi connectivity index (χ2v) is 11.8. The monoisotopic (exact) mass is 609 g/mol. The van der Waals surface area contributed by atoms with Gasteiger partial charge in [-0.2, -0.15) is 13.2 Å². The number of primary amides is 1. The van der Waals surface area contributed by atoms with Crippen LogP contribution in [0, 0.1) is 11.8 Å². The molecule has 0 bridgehead atoms. The van der Waals surface area contributed by atoms with Gasteiger partial charge >= 0.3 is 6.18 Å². The van der Waals surface area contributed by atoms with Gasteiger partial charge in [0.15, 0.2) is 11.4 Å². The number of halogens is 3. The number of carbonyl (C=O) groups excluding carboxylic acids is 3. The van der Waals surface area contributed by atoms with E-state index < -0.39 is 105 Å². The Morgan fingerprint density at radius 2 is 1.91 bits per heavy atom. The summed E-state index contributed by atoms with van der Waals surface area (Å²) in [5, 5.41) is 45.0. The lowest BCUT2D eigenvalue weighted by Crippen LogP contribution is -2.65. The van der Waals surface area contributed by atoms with Gasteiger partial charge in [0.1, 0.15) is 22.8 Å². The largest absolute Gasteiger partial charge is 0.508 e. The van der Waals surface area contributed by atoms with Crippen LogP contribution < -0.4 is 5.73 Å². The van der Waals surface area contributed by atoms with E-state index in [9.17, 15) is 48.0 Å². The third-order valence-corrected chi connectivity index (χ3v) is 9.15. The summed E-state index contributed by atoms with van der Waals surface area (Å²) in [4.78, 5) is 42.5. The van der Waals surface area contributed by atoms with E-state index in [1.54, 1.807) is 0 Å². The second kappa shape index (κ2) is 10.6. The summed E-state index contributed by atoms with van der Waals surface area (Å²) in [7, 11) is 2.88. The molecule has 1 amide bonds. The highest BCUT2D eigenvalue weighted by Gasteiger charge is 2.64. The molecule has 0 aromatic heterocycles. The highest BCUT2D eigenvalue weighted by Crippen LogP contribution is 2.55. The van der Waals surface area contributed by atoms with Gasteiger partial charge in [0, 0.05) is 18.0 Å². The Kier molecular flexibility index (Phi) is 7.65. The number of hydrogen-bond donors (Lipinski definition) is 5. The fraction of sp³-hybridized carbons (Fsp3) is 0.552. The van der Waals surface area contributed by atoms with E-state index in [4.69, 9.17) is 10.5 Å². The maximum Gasteiger partial charge on any atom is 0.417 e. The number of rotatable bonds is 5. The van der Waals surface area contributed by atoms with Gasteiger partial charge in [-0.05, 0) is 63.0 Å². The van der Waals surface area contributed by atoms with Gasteiger partial charge in [-0.1, -0.05) is 6.92 Å². The Bertz CT molecular complexity index is 1470. The van der Waals surface area contributed by atoms with Crippen LogP contribution in [0.1, 0.15) is 48.1 Å². The maximum absolute atomic E-state index is 14.9. The van der Waals surface area contributed by atoms with Gasteiger partial charge < -0.3 is 30.9 Å². The Labute approximate surface area is 245 Å². The Balaban J connectivity index is 1.74. The first kappa shape index (κ1) is 31.0. The van der Waals surface area contributed by atoms with Crippen LogP contribution in [0.5, 0.6) is 5.75 Å². The second-order valence-electron chi connectivity index (χ2n) is 11.8. The van der Waals surface area contributed by atoms with Gasteiger partial charge in [-0.3, -0.25) is 24.2 Å². The summed E-state index contributed by atoms with van der Waals surface area (Å²) in [6.45, 7) is 3.04. The molecule has 4 aliphatic rings. The van der Waals surface area contributed by atoms with E-state index in [2.05, 4.69) is 0 Å². The number of amides is 1. The minimum absolute atomic E-state index is 0.0498. The van der Waals surface area contributed by atoms with Crippen molar-refractivity contribution < 1.29 is 52.7 Å². The van der Waals surface area contributed by atoms with E-state index in [-0.39, 0.29) is 18.6 Å². The van der Waals surface area contributed by atoms with E-state index in [0.717, 1.165) is 6.07 Å². The summed E-state index contributed by atoms with van der Waals surface area (Å²) in [5.74, 6) is -9.10. The molecule has 1 aliphatic heterocycles. The minimum Gasteiger partial charge on any atom is -0.508 e. The van der Waals surface area contributed by atoms with Crippen molar-refractivity contribution in [1.29, 1.82) is 0 Å². The average Bonchev–Trinajstić information content (AvgIpc) is 2.89. The van der Waals surface area contributed by atoms with E-state index in [1.165, 1.54) is 19.0 Å². The lowest BCUT2D eigenvalue weighted by atomic mass is 9.57. The standard InChI is InChI=1S/C29H34F3N3O8/c1-4-5-35-6-7-43-11-16(35)13-10-17(36)19-14(21(13)29(30,31)32)8-12-9-15-22(34(2)3)24(38)20(27(33)41)26(40)28(15,42)25(39)18(12)23(19)37/h10,12,15-16,22,36-37,40,42H,4-9,11H2,1-3H3,(H2,33,41)/t12-,15-,16?,22-,28-/m0/s1. The Morgan fingerprint density at radius 1 is 1.23 bits per heavy atom. The van der Waals surface area contributed by atoms with Gasteiger partial charge in [-0.25, -0.2) is 0 Å². The number of aliphatic hydroxyl groups is 3. The lowest BCUT2D eigenvalue weighted by molar-refractivity contribution is -0.153. The van der Waals surface area contributed by atoms with Crippen LogP contribution in [-0.2, 0) is 31.7 Å². The molecule has 5 rings (SSSR count). The molecule has 0 spiro atoms. The number of benzene rings is 1. The summed E-state index contributed by atoms with van der Waals surface area (Å²) in [6.07, 6.45) is -5.04. The molecule has 1 aromatic rings. The topological polar surface area (TPSA) is 174 Å². The zero-order valence-corrected chi connectivity index (χ0v) is 23.9. The number of fused-ring (bicyclic) bond motifs is 3. The van der Waals surface area contributed by atoms with Crippen molar-refractivity contribution in [1.82, 2.24) is 9.80 Å². The van der Waals surface area contributed by atoms with Crippen molar-refractivity contribution in [3.63, 3.8) is 0 Å². The minimum atomic E-state index is -4.93. The molecule has 1 unspecified atom stereocenters. The summed E-state index contributed by atoms with van der Waals surface area (Å²) in [6, 6.07) is -1.26. The highest BCUT2D eigenvalue weighted by atomic mass is 19.4. The molecule has 43 heavy (non-hydrogen) atoms. The van der Waals surface area contributed by atoms with Crippen LogP contribution in [0.25, 0.3) is 5.76 Å². The Hall–Kier alpha value is -3.46. The molecule has 2 fully saturated rings. The molecule has 1 saturated heterocycles. The number of aliphatic hydroxyl groups excluding tert-OH is 2. The van der Waals surface area contributed by atoms with Crippen molar-refractivity contribution in [3.8, 4) is 5.75 Å². The first-order chi connectivity index (χ1) is 20.1. The number of ketones is 2. The summed E-state index contributed by atoms with van der Waals surface area (Å²) < 4.78 is 50.2. The molecule has 3 aliphatic carbocycles. The summed E-state index contributed by atoms with van der Waals surface area (Å²) in [5.41, 5.74) is -1.37. The molecule has 6 N–H and O–H groups in total. The number of Topliss-reactive ketones (excluding diaryl/α,β-unsaturated/α-hetero) is 2.